The molecule has 0 radical (unpaired) electrons. The first kappa shape index (κ1) is 15.7. The zero-order valence-electron chi connectivity index (χ0n) is 13.2. The summed E-state index contributed by atoms with van der Waals surface area (Å²) in [4.78, 5) is 27.7. The quantitative estimate of drug-likeness (QED) is 0.662. The monoisotopic (exact) mass is 323 g/mol. The molecule has 0 aliphatic heterocycles. The molecule has 0 bridgehead atoms. The van der Waals surface area contributed by atoms with Crippen molar-refractivity contribution in [1.29, 1.82) is 0 Å². The van der Waals surface area contributed by atoms with Gasteiger partial charge in [-0.1, -0.05) is 6.07 Å². The Morgan fingerprint density at radius 1 is 1.17 bits per heavy atom. The van der Waals surface area contributed by atoms with Gasteiger partial charge in [-0.15, -0.1) is 0 Å². The van der Waals surface area contributed by atoms with Gasteiger partial charge in [-0.2, -0.15) is 5.10 Å². The first-order valence-corrected chi connectivity index (χ1v) is 7.55. The summed E-state index contributed by atoms with van der Waals surface area (Å²) in [5.74, 6) is -0.362. The van der Waals surface area contributed by atoms with Gasteiger partial charge in [-0.25, -0.2) is 0 Å². The van der Waals surface area contributed by atoms with Gasteiger partial charge in [0.1, 0.15) is 0 Å². The van der Waals surface area contributed by atoms with E-state index in [1.807, 2.05) is 24.4 Å². The van der Waals surface area contributed by atoms with E-state index in [0.29, 0.717) is 5.56 Å². The molecule has 0 unspecified atom stereocenters. The van der Waals surface area contributed by atoms with Crippen LogP contribution in [-0.2, 0) is 4.79 Å². The van der Waals surface area contributed by atoms with Gasteiger partial charge in [0.05, 0.1) is 17.3 Å². The Bertz CT molecular complexity index is 874. The third-order valence-corrected chi connectivity index (χ3v) is 3.69. The predicted octanol–water partition coefficient (Wildman–Crippen LogP) is 1.49. The molecule has 0 saturated carbocycles. The van der Waals surface area contributed by atoms with Crippen LogP contribution in [0.4, 0.5) is 0 Å². The zero-order valence-corrected chi connectivity index (χ0v) is 13.2. The fraction of sp³-hybridized carbons (Fsp3) is 0.176. The summed E-state index contributed by atoms with van der Waals surface area (Å²) in [6.45, 7) is 0.283. The third-order valence-electron chi connectivity index (χ3n) is 3.69. The number of hydrogen-bond donors (Lipinski definition) is 3. The van der Waals surface area contributed by atoms with Crippen LogP contribution in [0.1, 0.15) is 16.8 Å². The van der Waals surface area contributed by atoms with Crippen molar-refractivity contribution in [1.82, 2.24) is 25.8 Å². The molecular weight excluding hydrogens is 306 g/mol. The summed E-state index contributed by atoms with van der Waals surface area (Å²) in [6, 6.07) is 7.63. The maximum atomic E-state index is 12.2. The van der Waals surface area contributed by atoms with Crippen LogP contribution in [0.2, 0.25) is 0 Å². The number of H-pyrrole nitrogens is 1. The number of pyridine rings is 1. The van der Waals surface area contributed by atoms with Gasteiger partial charge in [0.2, 0.25) is 5.91 Å². The van der Waals surface area contributed by atoms with E-state index in [9.17, 15) is 9.59 Å². The second-order valence-corrected chi connectivity index (χ2v) is 5.30. The topological polar surface area (TPSA) is 99.8 Å². The predicted molar refractivity (Wildman–Crippen MR) is 90.3 cm³/mol. The zero-order chi connectivity index (χ0) is 16.9. The summed E-state index contributed by atoms with van der Waals surface area (Å²) < 4.78 is 0. The molecule has 3 rings (SSSR count). The van der Waals surface area contributed by atoms with Gasteiger partial charge >= 0.3 is 0 Å². The SMILES string of the molecule is CNC(=O)CCNC(=O)c1cnc2ccc(-c3cn[nH]c3)cc2c1. The highest BCUT2D eigenvalue weighted by molar-refractivity contribution is 5.98. The van der Waals surface area contributed by atoms with Crippen LogP contribution in [0.3, 0.4) is 0 Å². The lowest BCUT2D eigenvalue weighted by Gasteiger charge is -2.06. The summed E-state index contributed by atoms with van der Waals surface area (Å²) in [6.07, 6.45) is 5.33. The van der Waals surface area contributed by atoms with Crippen molar-refractivity contribution in [3.8, 4) is 11.1 Å². The van der Waals surface area contributed by atoms with Crippen molar-refractivity contribution in [3.05, 3.63) is 48.4 Å². The molecule has 0 spiro atoms. The molecule has 2 amide bonds. The van der Waals surface area contributed by atoms with Crippen molar-refractivity contribution in [2.24, 2.45) is 0 Å². The number of fused-ring (bicyclic) bond motifs is 1. The number of carbonyl (C=O) groups excluding carboxylic acids is 2. The van der Waals surface area contributed by atoms with E-state index in [0.717, 1.165) is 22.0 Å². The molecule has 2 aromatic heterocycles. The van der Waals surface area contributed by atoms with E-state index < -0.39 is 0 Å². The Morgan fingerprint density at radius 3 is 2.79 bits per heavy atom. The first-order chi connectivity index (χ1) is 11.7. The Balaban J connectivity index is 1.79. The Hall–Kier alpha value is -3.22. The molecule has 3 aromatic rings. The van der Waals surface area contributed by atoms with Crippen molar-refractivity contribution < 1.29 is 9.59 Å². The van der Waals surface area contributed by atoms with E-state index in [-0.39, 0.29) is 24.8 Å². The number of nitrogens with one attached hydrogen (secondary N) is 3. The maximum absolute atomic E-state index is 12.2. The Kier molecular flexibility index (Phi) is 4.51. The van der Waals surface area contributed by atoms with Crippen LogP contribution >= 0.6 is 0 Å². The fourth-order valence-corrected chi connectivity index (χ4v) is 2.36. The number of benzene rings is 1. The number of nitrogens with zero attached hydrogens (tertiary/aromatic N) is 2. The van der Waals surface area contributed by atoms with E-state index in [1.54, 1.807) is 19.3 Å². The molecule has 3 N–H and O–H groups in total. The van der Waals surface area contributed by atoms with E-state index in [2.05, 4.69) is 25.8 Å². The second kappa shape index (κ2) is 6.91. The van der Waals surface area contributed by atoms with Gasteiger partial charge in [0.25, 0.3) is 5.91 Å². The third kappa shape index (κ3) is 3.40. The first-order valence-electron chi connectivity index (χ1n) is 7.55. The summed E-state index contributed by atoms with van der Waals surface area (Å²) >= 11 is 0. The lowest BCUT2D eigenvalue weighted by molar-refractivity contribution is -0.120. The van der Waals surface area contributed by atoms with Crippen molar-refractivity contribution >= 4 is 22.7 Å². The van der Waals surface area contributed by atoms with Crippen LogP contribution < -0.4 is 10.6 Å². The van der Waals surface area contributed by atoms with Crippen LogP contribution in [0.15, 0.2) is 42.9 Å². The number of carbonyl (C=O) groups is 2. The molecule has 2 heterocycles. The number of amides is 2. The Morgan fingerprint density at radius 2 is 2.04 bits per heavy atom. The van der Waals surface area contributed by atoms with Crippen LogP contribution in [0.5, 0.6) is 0 Å². The van der Waals surface area contributed by atoms with Crippen LogP contribution in [0, 0.1) is 0 Å². The number of aromatic amines is 1. The molecule has 0 aliphatic rings. The highest BCUT2D eigenvalue weighted by Crippen LogP contribution is 2.23. The molecular formula is C17H17N5O2. The van der Waals surface area contributed by atoms with E-state index >= 15 is 0 Å². The van der Waals surface area contributed by atoms with Gasteiger partial charge in [0.15, 0.2) is 0 Å². The average Bonchev–Trinajstić information content (AvgIpc) is 3.15. The standard InChI is InChI=1S/C17H17N5O2/c1-18-16(23)4-5-19-17(24)13-7-12-6-11(14-9-21-22-10-14)2-3-15(12)20-8-13/h2-3,6-10H,4-5H2,1H3,(H,18,23)(H,19,24)(H,21,22). The molecule has 0 aliphatic carbocycles. The highest BCUT2D eigenvalue weighted by Gasteiger charge is 2.09. The number of hydrogen-bond acceptors (Lipinski definition) is 4. The minimum Gasteiger partial charge on any atom is -0.359 e. The van der Waals surface area contributed by atoms with Crippen LogP contribution in [0.25, 0.3) is 22.0 Å². The minimum absolute atomic E-state index is 0.114. The molecule has 0 fully saturated rings. The van der Waals surface area contributed by atoms with Crippen LogP contribution in [-0.4, -0.2) is 40.6 Å². The van der Waals surface area contributed by atoms with Gasteiger partial charge in [-0.05, 0) is 23.8 Å². The van der Waals surface area contributed by atoms with Crippen molar-refractivity contribution in [2.45, 2.75) is 6.42 Å². The number of aromatic nitrogens is 3. The van der Waals surface area contributed by atoms with Crippen molar-refractivity contribution in [3.63, 3.8) is 0 Å². The van der Waals surface area contributed by atoms with E-state index in [1.165, 1.54) is 6.20 Å². The number of rotatable bonds is 5. The smallest absolute Gasteiger partial charge is 0.252 e. The van der Waals surface area contributed by atoms with Gasteiger partial charge in [0, 0.05) is 43.4 Å². The highest BCUT2D eigenvalue weighted by atomic mass is 16.2. The second-order valence-electron chi connectivity index (χ2n) is 5.30. The normalized spacial score (nSPS) is 10.5. The Labute approximate surface area is 138 Å². The summed E-state index contributed by atoms with van der Waals surface area (Å²) in [7, 11) is 1.56. The lowest BCUT2D eigenvalue weighted by Crippen LogP contribution is -2.29. The molecule has 0 saturated heterocycles. The molecule has 0 atom stereocenters. The molecule has 122 valence electrons. The molecule has 1 aromatic carbocycles. The van der Waals surface area contributed by atoms with Gasteiger partial charge in [-0.3, -0.25) is 19.7 Å². The minimum atomic E-state index is -0.248. The van der Waals surface area contributed by atoms with Crippen molar-refractivity contribution in [2.75, 3.05) is 13.6 Å². The lowest BCUT2D eigenvalue weighted by atomic mass is 10.1. The van der Waals surface area contributed by atoms with Gasteiger partial charge < -0.3 is 10.6 Å². The molecule has 7 heteroatoms. The van der Waals surface area contributed by atoms with E-state index in [4.69, 9.17) is 0 Å². The fourth-order valence-electron chi connectivity index (χ4n) is 2.36. The largest absolute Gasteiger partial charge is 0.359 e. The molecule has 7 nitrogen and oxygen atoms in total. The molecule has 24 heavy (non-hydrogen) atoms. The average molecular weight is 323 g/mol. The summed E-state index contributed by atoms with van der Waals surface area (Å²) in [5, 5.41) is 12.8. The maximum Gasteiger partial charge on any atom is 0.252 e. The summed E-state index contributed by atoms with van der Waals surface area (Å²) in [5.41, 5.74) is 3.24.